The fourth-order valence-electron chi connectivity index (χ4n) is 2.30. The average Bonchev–Trinajstić information content (AvgIpc) is 2.61. The summed E-state index contributed by atoms with van der Waals surface area (Å²) in [7, 11) is 0. The SMILES string of the molecule is CCC(C)NC(=O)c1cc(C(=O)N2CCN(C=O)CC2)ccn1. The third kappa shape index (κ3) is 4.28. The van der Waals surface area contributed by atoms with E-state index in [1.54, 1.807) is 15.9 Å². The first kappa shape index (κ1) is 16.9. The van der Waals surface area contributed by atoms with Crippen molar-refractivity contribution in [2.45, 2.75) is 26.3 Å². The number of piperazine rings is 1. The molecule has 0 aromatic carbocycles. The summed E-state index contributed by atoms with van der Waals surface area (Å²) in [6, 6.07) is 3.18. The Balaban J connectivity index is 2.05. The van der Waals surface area contributed by atoms with E-state index in [0.717, 1.165) is 12.8 Å². The van der Waals surface area contributed by atoms with Gasteiger partial charge in [0, 0.05) is 44.0 Å². The van der Waals surface area contributed by atoms with E-state index in [2.05, 4.69) is 10.3 Å². The highest BCUT2D eigenvalue weighted by Gasteiger charge is 2.22. The Morgan fingerprint density at radius 2 is 2.04 bits per heavy atom. The molecular formula is C16H22N4O3. The summed E-state index contributed by atoms with van der Waals surface area (Å²) < 4.78 is 0. The lowest BCUT2D eigenvalue weighted by Gasteiger charge is -2.32. The van der Waals surface area contributed by atoms with Gasteiger partial charge in [0.1, 0.15) is 5.69 Å². The molecule has 0 saturated carbocycles. The topological polar surface area (TPSA) is 82.6 Å². The molecule has 7 heteroatoms. The summed E-state index contributed by atoms with van der Waals surface area (Å²) in [6.45, 7) is 5.95. The van der Waals surface area contributed by atoms with Gasteiger partial charge in [0.05, 0.1) is 0 Å². The van der Waals surface area contributed by atoms with E-state index in [9.17, 15) is 14.4 Å². The molecule has 2 heterocycles. The van der Waals surface area contributed by atoms with Crippen molar-refractivity contribution >= 4 is 18.2 Å². The molecule has 1 aliphatic rings. The molecule has 0 spiro atoms. The second-order valence-electron chi connectivity index (χ2n) is 5.65. The van der Waals surface area contributed by atoms with Crippen LogP contribution in [0.4, 0.5) is 0 Å². The Kier molecular flexibility index (Phi) is 5.67. The van der Waals surface area contributed by atoms with Crippen molar-refractivity contribution in [1.29, 1.82) is 0 Å². The average molecular weight is 318 g/mol. The van der Waals surface area contributed by atoms with Crippen molar-refractivity contribution in [2.24, 2.45) is 0 Å². The van der Waals surface area contributed by atoms with Crippen LogP contribution in [0.25, 0.3) is 0 Å². The lowest BCUT2D eigenvalue weighted by Crippen LogP contribution is -2.48. The first-order valence-electron chi connectivity index (χ1n) is 7.80. The summed E-state index contributed by atoms with van der Waals surface area (Å²) in [5, 5.41) is 2.83. The van der Waals surface area contributed by atoms with Crippen LogP contribution >= 0.6 is 0 Å². The molecule has 1 atom stereocenters. The number of hydrogen-bond acceptors (Lipinski definition) is 4. The van der Waals surface area contributed by atoms with Crippen LogP contribution in [0, 0.1) is 0 Å². The molecule has 0 radical (unpaired) electrons. The van der Waals surface area contributed by atoms with Crippen molar-refractivity contribution in [3.8, 4) is 0 Å². The summed E-state index contributed by atoms with van der Waals surface area (Å²) in [6.07, 6.45) is 3.09. The van der Waals surface area contributed by atoms with Crippen LogP contribution in [0.5, 0.6) is 0 Å². The molecule has 1 N–H and O–H groups in total. The molecule has 1 aliphatic heterocycles. The Labute approximate surface area is 135 Å². The van der Waals surface area contributed by atoms with Gasteiger partial charge in [0.15, 0.2) is 0 Å². The van der Waals surface area contributed by atoms with Crippen LogP contribution in [-0.2, 0) is 4.79 Å². The molecule has 1 fully saturated rings. The highest BCUT2D eigenvalue weighted by atomic mass is 16.2. The minimum Gasteiger partial charge on any atom is -0.348 e. The standard InChI is InChI=1S/C16H22N4O3/c1-3-12(2)18-15(22)14-10-13(4-5-17-14)16(23)20-8-6-19(11-21)7-9-20/h4-5,10-12H,3,6-9H2,1-2H3,(H,18,22). The van der Waals surface area contributed by atoms with Gasteiger partial charge in [0.2, 0.25) is 6.41 Å². The molecule has 7 nitrogen and oxygen atoms in total. The third-order valence-electron chi connectivity index (χ3n) is 3.98. The first-order valence-corrected chi connectivity index (χ1v) is 7.80. The molecule has 0 bridgehead atoms. The van der Waals surface area contributed by atoms with E-state index in [0.29, 0.717) is 31.7 Å². The van der Waals surface area contributed by atoms with Gasteiger partial charge in [0.25, 0.3) is 11.8 Å². The number of rotatable bonds is 5. The van der Waals surface area contributed by atoms with Crippen molar-refractivity contribution in [3.63, 3.8) is 0 Å². The van der Waals surface area contributed by atoms with Crippen molar-refractivity contribution < 1.29 is 14.4 Å². The fraction of sp³-hybridized carbons (Fsp3) is 0.500. The lowest BCUT2D eigenvalue weighted by atomic mass is 10.1. The largest absolute Gasteiger partial charge is 0.348 e. The van der Waals surface area contributed by atoms with Gasteiger partial charge in [-0.3, -0.25) is 19.4 Å². The Bertz CT molecular complexity index is 582. The van der Waals surface area contributed by atoms with Gasteiger partial charge >= 0.3 is 0 Å². The monoisotopic (exact) mass is 318 g/mol. The molecule has 1 saturated heterocycles. The van der Waals surface area contributed by atoms with Gasteiger partial charge in [-0.15, -0.1) is 0 Å². The predicted octanol–water partition coefficient (Wildman–Crippen LogP) is 0.524. The number of amides is 3. The number of pyridine rings is 1. The van der Waals surface area contributed by atoms with E-state index in [1.165, 1.54) is 12.3 Å². The second-order valence-corrected chi connectivity index (χ2v) is 5.65. The Morgan fingerprint density at radius 1 is 1.35 bits per heavy atom. The molecular weight excluding hydrogens is 296 g/mol. The lowest BCUT2D eigenvalue weighted by molar-refractivity contribution is -0.119. The van der Waals surface area contributed by atoms with Crippen LogP contribution in [0.2, 0.25) is 0 Å². The van der Waals surface area contributed by atoms with Crippen LogP contribution in [0.15, 0.2) is 18.3 Å². The summed E-state index contributed by atoms with van der Waals surface area (Å²) in [4.78, 5) is 42.7. The third-order valence-corrected chi connectivity index (χ3v) is 3.98. The van der Waals surface area contributed by atoms with Gasteiger partial charge in [-0.2, -0.15) is 0 Å². The van der Waals surface area contributed by atoms with Gasteiger partial charge in [-0.1, -0.05) is 6.92 Å². The van der Waals surface area contributed by atoms with E-state index in [1.807, 2.05) is 13.8 Å². The quantitative estimate of drug-likeness (QED) is 0.803. The first-order chi connectivity index (χ1) is 11.0. The zero-order valence-corrected chi connectivity index (χ0v) is 13.5. The molecule has 23 heavy (non-hydrogen) atoms. The highest BCUT2D eigenvalue weighted by molar-refractivity contribution is 5.98. The zero-order chi connectivity index (χ0) is 16.8. The zero-order valence-electron chi connectivity index (χ0n) is 13.5. The smallest absolute Gasteiger partial charge is 0.270 e. The molecule has 0 aliphatic carbocycles. The van der Waals surface area contributed by atoms with Gasteiger partial charge < -0.3 is 15.1 Å². The fourth-order valence-corrected chi connectivity index (χ4v) is 2.30. The van der Waals surface area contributed by atoms with Crippen LogP contribution in [0.3, 0.4) is 0 Å². The number of carbonyl (C=O) groups is 3. The van der Waals surface area contributed by atoms with Crippen LogP contribution in [0.1, 0.15) is 41.1 Å². The van der Waals surface area contributed by atoms with E-state index < -0.39 is 0 Å². The number of nitrogens with zero attached hydrogens (tertiary/aromatic N) is 3. The maximum absolute atomic E-state index is 12.5. The van der Waals surface area contributed by atoms with E-state index >= 15 is 0 Å². The minimum absolute atomic E-state index is 0.0556. The molecule has 1 aromatic heterocycles. The van der Waals surface area contributed by atoms with Crippen molar-refractivity contribution in [2.75, 3.05) is 26.2 Å². The summed E-state index contributed by atoms with van der Waals surface area (Å²) in [5.41, 5.74) is 0.677. The molecule has 3 amide bonds. The number of carbonyl (C=O) groups excluding carboxylic acids is 3. The molecule has 2 rings (SSSR count). The van der Waals surface area contributed by atoms with Gasteiger partial charge in [-0.05, 0) is 25.5 Å². The van der Waals surface area contributed by atoms with Gasteiger partial charge in [-0.25, -0.2) is 0 Å². The number of aromatic nitrogens is 1. The van der Waals surface area contributed by atoms with Crippen LogP contribution in [-0.4, -0.2) is 65.2 Å². The maximum atomic E-state index is 12.5. The number of nitrogens with one attached hydrogen (secondary N) is 1. The summed E-state index contributed by atoms with van der Waals surface area (Å²) in [5.74, 6) is -0.421. The summed E-state index contributed by atoms with van der Waals surface area (Å²) >= 11 is 0. The highest BCUT2D eigenvalue weighted by Crippen LogP contribution is 2.09. The molecule has 1 aromatic rings. The second kappa shape index (κ2) is 7.71. The normalized spacial score (nSPS) is 15.9. The molecule has 1 unspecified atom stereocenters. The minimum atomic E-state index is -0.278. The number of hydrogen-bond donors (Lipinski definition) is 1. The Morgan fingerprint density at radius 3 is 2.65 bits per heavy atom. The van der Waals surface area contributed by atoms with Crippen LogP contribution < -0.4 is 5.32 Å². The maximum Gasteiger partial charge on any atom is 0.270 e. The predicted molar refractivity (Wildman–Crippen MR) is 85.0 cm³/mol. The van der Waals surface area contributed by atoms with E-state index in [4.69, 9.17) is 0 Å². The van der Waals surface area contributed by atoms with E-state index in [-0.39, 0.29) is 23.6 Å². The van der Waals surface area contributed by atoms with Crippen molar-refractivity contribution in [1.82, 2.24) is 20.1 Å². The van der Waals surface area contributed by atoms with Crippen molar-refractivity contribution in [3.05, 3.63) is 29.6 Å². The Hall–Kier alpha value is -2.44. The molecule has 124 valence electrons.